The summed E-state index contributed by atoms with van der Waals surface area (Å²) >= 11 is 0. The van der Waals surface area contributed by atoms with E-state index in [0.29, 0.717) is 0 Å². The topological polar surface area (TPSA) is 63.2 Å². The molecular formula is C2H4BaO3. The summed E-state index contributed by atoms with van der Waals surface area (Å²) in [5.41, 5.74) is 0. The smallest absolute Gasteiger partial charge is 0.652 e. The fourth-order valence-corrected chi connectivity index (χ4v) is 0. The van der Waals surface area contributed by atoms with Gasteiger partial charge < -0.3 is 15.0 Å². The third kappa shape index (κ3) is 101. The molecule has 0 fully saturated rings. The molecule has 0 aliphatic carbocycles. The van der Waals surface area contributed by atoms with Gasteiger partial charge in [0.2, 0.25) is 0 Å². The molecular weight excluding hydrogens is 209 g/mol. The van der Waals surface area contributed by atoms with Crippen molar-refractivity contribution < 1.29 is 15.0 Å². The standard InChI is InChI=1S/CH2O3.CH4.Ba/c2-1(3)4;;/h(H2,2,3,4);1H4;/q;;+2/p-2. The Labute approximate surface area is 76.4 Å². The fourth-order valence-electron chi connectivity index (χ4n) is 0. The number of rotatable bonds is 0. The van der Waals surface area contributed by atoms with Crippen molar-refractivity contribution in [1.29, 1.82) is 0 Å². The van der Waals surface area contributed by atoms with Gasteiger partial charge in [-0.25, -0.2) is 0 Å². The third-order valence-corrected chi connectivity index (χ3v) is 0. The Morgan fingerprint density at radius 1 is 1.33 bits per heavy atom. The average molecular weight is 213 g/mol. The Morgan fingerprint density at radius 3 is 1.33 bits per heavy atom. The molecule has 32 valence electrons. The molecule has 0 heterocycles. The normalized spacial score (nSPS) is 4.00. The van der Waals surface area contributed by atoms with Crippen LogP contribution in [0.5, 0.6) is 0 Å². The van der Waals surface area contributed by atoms with Gasteiger partial charge in [0.15, 0.2) is 0 Å². The van der Waals surface area contributed by atoms with Crippen molar-refractivity contribution in [2.24, 2.45) is 0 Å². The molecule has 0 N–H and O–H groups in total. The van der Waals surface area contributed by atoms with Gasteiger partial charge in [-0.05, 0) is 6.16 Å². The van der Waals surface area contributed by atoms with Crippen molar-refractivity contribution in [3.63, 3.8) is 0 Å². The van der Waals surface area contributed by atoms with Crippen LogP contribution in [0.25, 0.3) is 0 Å². The largest absolute Gasteiger partial charge is 2.00 e. The van der Waals surface area contributed by atoms with E-state index in [9.17, 15) is 0 Å². The van der Waals surface area contributed by atoms with E-state index in [-0.39, 0.29) is 56.3 Å². The molecule has 0 aliphatic heterocycles. The Kier molecular flexibility index (Phi) is 24.5. The second-order valence-corrected chi connectivity index (χ2v) is 0.250. The zero-order valence-corrected chi connectivity index (χ0v) is 6.87. The quantitative estimate of drug-likeness (QED) is 0.429. The number of carbonyl (C=O) groups is 1. The second-order valence-electron chi connectivity index (χ2n) is 0.250. The van der Waals surface area contributed by atoms with Gasteiger partial charge in [-0.2, -0.15) is 0 Å². The van der Waals surface area contributed by atoms with E-state index >= 15 is 0 Å². The van der Waals surface area contributed by atoms with Crippen LogP contribution in [0.3, 0.4) is 0 Å². The Balaban J connectivity index is -0.0000000450. The third-order valence-electron chi connectivity index (χ3n) is 0. The minimum absolute atomic E-state index is 0. The van der Waals surface area contributed by atoms with Gasteiger partial charge >= 0.3 is 48.9 Å². The SMILES string of the molecule is C.O=C([O-])[O-].[Ba+2]. The van der Waals surface area contributed by atoms with Crippen LogP contribution in [0.4, 0.5) is 4.79 Å². The maximum absolute atomic E-state index is 8.33. The van der Waals surface area contributed by atoms with E-state index < -0.39 is 6.16 Å². The fraction of sp³-hybridized carbons (Fsp3) is 0.500. The number of carbonyl (C=O) groups excluding carboxylic acids is 1. The van der Waals surface area contributed by atoms with Crippen molar-refractivity contribution in [3.8, 4) is 0 Å². The Hall–Kier alpha value is 0.841. The monoisotopic (exact) mass is 214 g/mol. The van der Waals surface area contributed by atoms with Gasteiger partial charge in [-0.3, -0.25) is 0 Å². The molecule has 0 rings (SSSR count). The molecule has 0 aromatic rings. The second kappa shape index (κ2) is 9.28. The molecule has 0 atom stereocenters. The first-order chi connectivity index (χ1) is 1.73. The molecule has 0 aromatic heterocycles. The molecule has 4 heteroatoms. The van der Waals surface area contributed by atoms with Gasteiger partial charge in [0, 0.05) is 0 Å². The Bertz CT molecular complexity index is 31.8. The van der Waals surface area contributed by atoms with E-state index in [0.717, 1.165) is 0 Å². The Morgan fingerprint density at radius 2 is 1.33 bits per heavy atom. The molecule has 0 spiro atoms. The summed E-state index contributed by atoms with van der Waals surface area (Å²) < 4.78 is 0. The van der Waals surface area contributed by atoms with Crippen molar-refractivity contribution in [2.75, 3.05) is 0 Å². The summed E-state index contributed by atoms with van der Waals surface area (Å²) in [5, 5.41) is 16.7. The zero-order chi connectivity index (χ0) is 3.58. The maximum atomic E-state index is 8.33. The van der Waals surface area contributed by atoms with Crippen LogP contribution in [0.2, 0.25) is 0 Å². The van der Waals surface area contributed by atoms with Crippen molar-refractivity contribution in [1.82, 2.24) is 0 Å². The summed E-state index contributed by atoms with van der Waals surface area (Å²) in [7, 11) is 0. The van der Waals surface area contributed by atoms with Gasteiger partial charge in [-0.1, -0.05) is 7.43 Å². The van der Waals surface area contributed by atoms with Crippen LogP contribution in [0, 0.1) is 0 Å². The first-order valence-corrected chi connectivity index (χ1v) is 0.612. The molecule has 0 radical (unpaired) electrons. The summed E-state index contributed by atoms with van der Waals surface area (Å²) in [4.78, 5) is 8.33. The van der Waals surface area contributed by atoms with E-state index in [4.69, 9.17) is 15.0 Å². The van der Waals surface area contributed by atoms with Gasteiger partial charge in [-0.15, -0.1) is 0 Å². The predicted octanol–water partition coefficient (Wildman–Crippen LogP) is -2.19. The minimum atomic E-state index is -2.33. The number of hydrogen-bond donors (Lipinski definition) is 0. The van der Waals surface area contributed by atoms with E-state index in [1.54, 1.807) is 0 Å². The van der Waals surface area contributed by atoms with Crippen molar-refractivity contribution >= 4 is 55.0 Å². The summed E-state index contributed by atoms with van der Waals surface area (Å²) in [6, 6.07) is 0. The van der Waals surface area contributed by atoms with Crippen molar-refractivity contribution in [3.05, 3.63) is 0 Å². The van der Waals surface area contributed by atoms with Gasteiger partial charge in [0.25, 0.3) is 0 Å². The van der Waals surface area contributed by atoms with Crippen LogP contribution >= 0.6 is 0 Å². The maximum Gasteiger partial charge on any atom is 2.00 e. The predicted molar refractivity (Wildman–Crippen MR) is 17.9 cm³/mol. The molecule has 0 amide bonds. The van der Waals surface area contributed by atoms with E-state index in [1.165, 1.54) is 0 Å². The van der Waals surface area contributed by atoms with Crippen LogP contribution in [-0.4, -0.2) is 55.0 Å². The number of hydrogen-bond acceptors (Lipinski definition) is 3. The minimum Gasteiger partial charge on any atom is -0.652 e. The van der Waals surface area contributed by atoms with Crippen LogP contribution in [-0.2, 0) is 0 Å². The molecule has 0 saturated heterocycles. The first kappa shape index (κ1) is 15.8. The van der Waals surface area contributed by atoms with E-state index in [2.05, 4.69) is 0 Å². The van der Waals surface area contributed by atoms with Crippen LogP contribution in [0.15, 0.2) is 0 Å². The number of carboxylic acid groups (broad SMARTS) is 2. The summed E-state index contributed by atoms with van der Waals surface area (Å²) in [5.74, 6) is 0. The molecule has 0 aliphatic rings. The van der Waals surface area contributed by atoms with Crippen LogP contribution in [0.1, 0.15) is 7.43 Å². The molecule has 0 bridgehead atoms. The zero-order valence-electron chi connectivity index (χ0n) is 2.43. The van der Waals surface area contributed by atoms with Gasteiger partial charge in [0.05, 0.1) is 0 Å². The molecule has 0 unspecified atom stereocenters. The first-order valence-electron chi connectivity index (χ1n) is 0.612. The molecule has 0 aromatic carbocycles. The molecule has 0 saturated carbocycles. The van der Waals surface area contributed by atoms with Gasteiger partial charge in [0.1, 0.15) is 0 Å². The summed E-state index contributed by atoms with van der Waals surface area (Å²) in [6.07, 6.45) is -2.33. The van der Waals surface area contributed by atoms with Crippen LogP contribution < -0.4 is 10.2 Å². The van der Waals surface area contributed by atoms with E-state index in [1.807, 2.05) is 0 Å². The summed E-state index contributed by atoms with van der Waals surface area (Å²) in [6.45, 7) is 0. The molecule has 3 nitrogen and oxygen atoms in total. The van der Waals surface area contributed by atoms with Crippen molar-refractivity contribution in [2.45, 2.75) is 7.43 Å². The molecule has 6 heavy (non-hydrogen) atoms. The average Bonchev–Trinajstić information content (AvgIpc) is 0.811.